The van der Waals surface area contributed by atoms with Crippen LogP contribution in [0.3, 0.4) is 0 Å². The average Bonchev–Trinajstić information content (AvgIpc) is 2.75. The molecule has 0 N–H and O–H groups in total. The highest BCUT2D eigenvalue weighted by molar-refractivity contribution is 6.54. The van der Waals surface area contributed by atoms with E-state index in [0.717, 1.165) is 13.0 Å². The minimum atomic E-state index is -0.139. The summed E-state index contributed by atoms with van der Waals surface area (Å²) in [5, 5.41) is 0. The fourth-order valence-corrected chi connectivity index (χ4v) is 0.941. The van der Waals surface area contributed by atoms with Crippen molar-refractivity contribution < 1.29 is 9.47 Å². The quantitative estimate of drug-likeness (QED) is 0.486. The maximum absolute atomic E-state index is 5.19. The van der Waals surface area contributed by atoms with Crippen molar-refractivity contribution in [2.45, 2.75) is 51.3 Å². The molecule has 3 atom stereocenters. The monoisotopic (exact) mass is 188 g/mol. The van der Waals surface area contributed by atoms with Crippen molar-refractivity contribution >= 4 is 8.80 Å². The zero-order valence-electron chi connectivity index (χ0n) is 8.54. The summed E-state index contributed by atoms with van der Waals surface area (Å²) in [5.41, 5.74) is 0. The van der Waals surface area contributed by atoms with Crippen LogP contribution in [0.1, 0.15) is 13.3 Å². The first-order valence-corrected chi connectivity index (χ1v) is 8.33. The number of epoxide rings is 2. The van der Waals surface area contributed by atoms with Gasteiger partial charge >= 0.3 is 0 Å². The van der Waals surface area contributed by atoms with Gasteiger partial charge in [-0.05, 0) is 6.92 Å². The molecular weight excluding hydrogens is 168 g/mol. The molecule has 72 valence electrons. The van der Waals surface area contributed by atoms with Crippen molar-refractivity contribution in [1.82, 2.24) is 0 Å². The average molecular weight is 188 g/mol. The van der Waals surface area contributed by atoms with Crippen LogP contribution in [0.2, 0.25) is 19.6 Å². The van der Waals surface area contributed by atoms with Gasteiger partial charge < -0.3 is 9.47 Å². The molecule has 0 saturated carbocycles. The molecule has 0 aromatic carbocycles. The maximum atomic E-state index is 5.19. The first-order chi connectivity index (χ1) is 5.59. The number of rotatable bonds is 2. The lowest BCUT2D eigenvalue weighted by Crippen LogP contribution is -1.94. The molecule has 2 saturated heterocycles. The lowest BCUT2D eigenvalue weighted by Gasteiger charge is -1.82. The summed E-state index contributed by atoms with van der Waals surface area (Å²) < 4.78 is 10.2. The van der Waals surface area contributed by atoms with E-state index in [1.807, 2.05) is 0 Å². The number of hydrogen-bond donors (Lipinski definition) is 0. The van der Waals surface area contributed by atoms with Crippen molar-refractivity contribution in [3.05, 3.63) is 0 Å². The van der Waals surface area contributed by atoms with E-state index in [0.29, 0.717) is 18.3 Å². The third-order valence-electron chi connectivity index (χ3n) is 1.73. The lowest BCUT2D eigenvalue weighted by atomic mass is 10.2. The van der Waals surface area contributed by atoms with E-state index in [-0.39, 0.29) is 8.80 Å². The Morgan fingerprint density at radius 3 is 2.00 bits per heavy atom. The molecule has 2 fully saturated rings. The molecule has 2 aliphatic rings. The second-order valence-corrected chi connectivity index (χ2v) is 7.77. The van der Waals surface area contributed by atoms with E-state index in [1.54, 1.807) is 0 Å². The van der Waals surface area contributed by atoms with Gasteiger partial charge in [-0.1, -0.05) is 19.6 Å². The van der Waals surface area contributed by atoms with Crippen LogP contribution in [0.25, 0.3) is 0 Å². The van der Waals surface area contributed by atoms with Gasteiger partial charge in [-0.25, -0.2) is 0 Å². The minimum absolute atomic E-state index is 0.139. The van der Waals surface area contributed by atoms with Gasteiger partial charge in [-0.2, -0.15) is 0 Å². The van der Waals surface area contributed by atoms with E-state index < -0.39 is 0 Å². The number of ether oxygens (including phenoxy) is 2. The van der Waals surface area contributed by atoms with Crippen molar-refractivity contribution in [2.24, 2.45) is 0 Å². The van der Waals surface area contributed by atoms with Crippen LogP contribution >= 0.6 is 0 Å². The largest absolute Gasteiger partial charge is 0.373 e. The topological polar surface area (TPSA) is 25.1 Å². The van der Waals surface area contributed by atoms with Gasteiger partial charge in [-0.15, -0.1) is 0 Å². The second-order valence-electron chi connectivity index (χ2n) is 4.30. The second kappa shape index (κ2) is 4.39. The van der Waals surface area contributed by atoms with Gasteiger partial charge in [0.25, 0.3) is 0 Å². The standard InChI is InChI=1S/C6H10O2.C3H10Si/c1-4-6(8-4)2-5-3-7-5;1-4(2)3/h4-6H,2-3H2,1H3;4H,1-3H3. The van der Waals surface area contributed by atoms with Crippen molar-refractivity contribution in [3.8, 4) is 0 Å². The summed E-state index contributed by atoms with van der Waals surface area (Å²) in [6, 6.07) is 0. The molecule has 12 heavy (non-hydrogen) atoms. The molecule has 0 spiro atoms. The molecule has 2 heterocycles. The summed E-state index contributed by atoms with van der Waals surface area (Å²) in [7, 11) is -0.139. The van der Waals surface area contributed by atoms with Gasteiger partial charge in [-0.3, -0.25) is 0 Å². The van der Waals surface area contributed by atoms with Crippen molar-refractivity contribution in [3.63, 3.8) is 0 Å². The Morgan fingerprint density at radius 2 is 1.75 bits per heavy atom. The lowest BCUT2D eigenvalue weighted by molar-refractivity contribution is 0.335. The SMILES string of the molecule is CC1OC1CC1CO1.C[SiH](C)C. The van der Waals surface area contributed by atoms with Crippen LogP contribution < -0.4 is 0 Å². The Morgan fingerprint density at radius 1 is 1.33 bits per heavy atom. The fourth-order valence-electron chi connectivity index (χ4n) is 0.941. The van der Waals surface area contributed by atoms with E-state index in [9.17, 15) is 0 Å². The van der Waals surface area contributed by atoms with Gasteiger partial charge in [0.2, 0.25) is 0 Å². The van der Waals surface area contributed by atoms with Crippen LogP contribution in [-0.4, -0.2) is 33.7 Å². The molecule has 0 bridgehead atoms. The molecule has 2 rings (SSSR count). The predicted molar refractivity (Wildman–Crippen MR) is 53.4 cm³/mol. The summed E-state index contributed by atoms with van der Waals surface area (Å²) in [6.07, 6.45) is 2.72. The van der Waals surface area contributed by atoms with E-state index in [1.165, 1.54) is 0 Å². The fraction of sp³-hybridized carbons (Fsp3) is 1.00. The Balaban J connectivity index is 0.000000157. The molecule has 0 aliphatic carbocycles. The molecule has 0 radical (unpaired) electrons. The van der Waals surface area contributed by atoms with Gasteiger partial charge in [0.15, 0.2) is 0 Å². The van der Waals surface area contributed by atoms with Crippen molar-refractivity contribution in [1.29, 1.82) is 0 Å². The van der Waals surface area contributed by atoms with Gasteiger partial charge in [0, 0.05) is 15.2 Å². The first kappa shape index (κ1) is 10.2. The normalized spacial score (nSPS) is 37.2. The smallest absolute Gasteiger partial charge is 0.0864 e. The first-order valence-electron chi connectivity index (χ1n) is 4.86. The highest BCUT2D eigenvalue weighted by Crippen LogP contribution is 2.30. The zero-order valence-corrected chi connectivity index (χ0v) is 9.69. The Kier molecular flexibility index (Phi) is 3.74. The highest BCUT2D eigenvalue weighted by Gasteiger charge is 2.39. The van der Waals surface area contributed by atoms with Crippen LogP contribution in [0.15, 0.2) is 0 Å². The predicted octanol–water partition coefficient (Wildman–Crippen LogP) is 1.67. The molecule has 0 aromatic rings. The third kappa shape index (κ3) is 4.90. The van der Waals surface area contributed by atoms with Crippen LogP contribution in [0, 0.1) is 0 Å². The van der Waals surface area contributed by atoms with Gasteiger partial charge in [0.05, 0.1) is 24.9 Å². The highest BCUT2D eigenvalue weighted by atomic mass is 28.3. The summed E-state index contributed by atoms with van der Waals surface area (Å²) in [5.74, 6) is 0. The summed E-state index contributed by atoms with van der Waals surface area (Å²) in [6.45, 7) is 9.99. The van der Waals surface area contributed by atoms with Gasteiger partial charge in [0.1, 0.15) is 0 Å². The molecule has 3 unspecified atom stereocenters. The molecule has 0 amide bonds. The Bertz CT molecular complexity index is 132. The van der Waals surface area contributed by atoms with E-state index >= 15 is 0 Å². The van der Waals surface area contributed by atoms with Crippen LogP contribution in [0.5, 0.6) is 0 Å². The summed E-state index contributed by atoms with van der Waals surface area (Å²) in [4.78, 5) is 0. The Labute approximate surface area is 76.9 Å². The zero-order chi connectivity index (χ0) is 9.14. The van der Waals surface area contributed by atoms with Crippen LogP contribution in [-0.2, 0) is 9.47 Å². The van der Waals surface area contributed by atoms with E-state index in [2.05, 4.69) is 26.6 Å². The summed E-state index contributed by atoms with van der Waals surface area (Å²) >= 11 is 0. The molecular formula is C9H20O2Si. The maximum Gasteiger partial charge on any atom is 0.0864 e. The molecule has 0 aromatic heterocycles. The minimum Gasteiger partial charge on any atom is -0.373 e. The molecule has 2 nitrogen and oxygen atoms in total. The molecule has 2 aliphatic heterocycles. The molecule has 3 heteroatoms. The van der Waals surface area contributed by atoms with Crippen molar-refractivity contribution in [2.75, 3.05) is 6.61 Å². The van der Waals surface area contributed by atoms with Crippen LogP contribution in [0.4, 0.5) is 0 Å². The van der Waals surface area contributed by atoms with E-state index in [4.69, 9.17) is 9.47 Å². The Hall–Kier alpha value is 0.137. The third-order valence-corrected chi connectivity index (χ3v) is 1.73. The number of hydrogen-bond acceptors (Lipinski definition) is 2.